The van der Waals surface area contributed by atoms with Gasteiger partial charge in [0.15, 0.2) is 0 Å². The van der Waals surface area contributed by atoms with E-state index in [0.717, 1.165) is 16.3 Å². The highest BCUT2D eigenvalue weighted by molar-refractivity contribution is 5.90. The van der Waals surface area contributed by atoms with Gasteiger partial charge < -0.3 is 11.1 Å². The number of hydrogen-bond acceptors (Lipinski definition) is 2. The molecule has 0 bridgehead atoms. The fourth-order valence-electron chi connectivity index (χ4n) is 2.01. The lowest BCUT2D eigenvalue weighted by atomic mass is 10.0. The van der Waals surface area contributed by atoms with E-state index in [4.69, 9.17) is 5.73 Å². The second-order valence-corrected chi connectivity index (χ2v) is 5.58. The molecule has 2 rings (SSSR count). The minimum absolute atomic E-state index is 0. The summed E-state index contributed by atoms with van der Waals surface area (Å²) in [6, 6.07) is 14.1. The average Bonchev–Trinajstić information content (AvgIpc) is 2.36. The van der Waals surface area contributed by atoms with Crippen molar-refractivity contribution >= 4 is 29.1 Å². The van der Waals surface area contributed by atoms with Crippen LogP contribution in [-0.4, -0.2) is 18.0 Å². The first kappa shape index (κ1) is 16.5. The van der Waals surface area contributed by atoms with Crippen molar-refractivity contribution in [2.24, 2.45) is 5.73 Å². The number of fused-ring (bicyclic) bond motifs is 1. The van der Waals surface area contributed by atoms with Crippen LogP contribution in [0.4, 0.5) is 0 Å². The van der Waals surface area contributed by atoms with Crippen LogP contribution in [0.5, 0.6) is 0 Å². The average molecular weight is 293 g/mol. The molecule has 0 aromatic heterocycles. The Hall–Kier alpha value is -1.58. The highest BCUT2D eigenvalue weighted by Crippen LogP contribution is 2.18. The number of nitrogens with two attached hydrogens (primary N) is 1. The van der Waals surface area contributed by atoms with Crippen LogP contribution in [-0.2, 0) is 11.2 Å². The molecule has 20 heavy (non-hydrogen) atoms. The summed E-state index contributed by atoms with van der Waals surface area (Å²) in [5.41, 5.74) is 6.52. The van der Waals surface area contributed by atoms with E-state index >= 15 is 0 Å². The van der Waals surface area contributed by atoms with E-state index in [9.17, 15) is 4.79 Å². The standard InChI is InChI=1S/C16H20N2O.ClH/c1-16(2,17)11-18-15(19)10-13-8-5-7-12-6-3-4-9-14(12)13;/h3-9H,10-11,17H2,1-2H3,(H,18,19);1H. The van der Waals surface area contributed by atoms with Crippen molar-refractivity contribution in [2.45, 2.75) is 25.8 Å². The Morgan fingerprint density at radius 1 is 1.15 bits per heavy atom. The molecule has 0 aliphatic heterocycles. The van der Waals surface area contributed by atoms with Crippen molar-refractivity contribution < 1.29 is 4.79 Å². The van der Waals surface area contributed by atoms with E-state index in [2.05, 4.69) is 17.4 Å². The van der Waals surface area contributed by atoms with Crippen LogP contribution in [0.2, 0.25) is 0 Å². The molecule has 3 N–H and O–H groups in total. The molecule has 108 valence electrons. The van der Waals surface area contributed by atoms with Crippen molar-refractivity contribution in [2.75, 3.05) is 6.54 Å². The summed E-state index contributed by atoms with van der Waals surface area (Å²) in [4.78, 5) is 11.9. The topological polar surface area (TPSA) is 55.1 Å². The highest BCUT2D eigenvalue weighted by atomic mass is 35.5. The first-order valence-corrected chi connectivity index (χ1v) is 6.48. The number of benzene rings is 2. The van der Waals surface area contributed by atoms with Crippen LogP contribution in [0.3, 0.4) is 0 Å². The predicted octanol–water partition coefficient (Wildman–Crippen LogP) is 2.66. The number of carbonyl (C=O) groups excluding carboxylic acids is 1. The van der Waals surface area contributed by atoms with Crippen molar-refractivity contribution in [3.05, 3.63) is 48.0 Å². The van der Waals surface area contributed by atoms with Gasteiger partial charge >= 0.3 is 0 Å². The molecule has 0 spiro atoms. The maximum Gasteiger partial charge on any atom is 0.224 e. The largest absolute Gasteiger partial charge is 0.354 e. The molecule has 2 aromatic carbocycles. The summed E-state index contributed by atoms with van der Waals surface area (Å²) in [7, 11) is 0. The quantitative estimate of drug-likeness (QED) is 0.910. The van der Waals surface area contributed by atoms with Crippen LogP contribution in [0.25, 0.3) is 10.8 Å². The Morgan fingerprint density at radius 2 is 1.80 bits per heavy atom. The van der Waals surface area contributed by atoms with Gasteiger partial charge in [0.05, 0.1) is 6.42 Å². The normalized spacial score (nSPS) is 10.9. The van der Waals surface area contributed by atoms with Gasteiger partial charge in [-0.2, -0.15) is 0 Å². The second-order valence-electron chi connectivity index (χ2n) is 5.58. The zero-order valence-electron chi connectivity index (χ0n) is 11.8. The molecule has 0 unspecified atom stereocenters. The molecule has 0 fully saturated rings. The molecule has 0 aliphatic carbocycles. The lowest BCUT2D eigenvalue weighted by Crippen LogP contribution is -2.45. The zero-order valence-corrected chi connectivity index (χ0v) is 12.7. The van der Waals surface area contributed by atoms with Gasteiger partial charge in [0.1, 0.15) is 0 Å². The smallest absolute Gasteiger partial charge is 0.224 e. The lowest BCUT2D eigenvalue weighted by molar-refractivity contribution is -0.120. The maximum absolute atomic E-state index is 11.9. The Balaban J connectivity index is 0.00000200. The molecular formula is C16H21ClN2O. The molecule has 0 heterocycles. The van der Waals surface area contributed by atoms with E-state index < -0.39 is 0 Å². The van der Waals surface area contributed by atoms with E-state index in [0.29, 0.717) is 13.0 Å². The highest BCUT2D eigenvalue weighted by Gasteiger charge is 2.13. The van der Waals surface area contributed by atoms with Gasteiger partial charge in [-0.25, -0.2) is 0 Å². The Morgan fingerprint density at radius 3 is 2.50 bits per heavy atom. The molecule has 0 atom stereocenters. The zero-order chi connectivity index (χ0) is 13.9. The minimum atomic E-state index is -0.381. The van der Waals surface area contributed by atoms with Gasteiger partial charge in [-0.3, -0.25) is 4.79 Å². The van der Waals surface area contributed by atoms with E-state index in [1.54, 1.807) is 0 Å². The van der Waals surface area contributed by atoms with Crippen molar-refractivity contribution in [3.8, 4) is 0 Å². The third-order valence-electron chi connectivity index (χ3n) is 2.97. The number of amides is 1. The summed E-state index contributed by atoms with van der Waals surface area (Å²) < 4.78 is 0. The minimum Gasteiger partial charge on any atom is -0.354 e. The molecule has 1 amide bonds. The van der Waals surface area contributed by atoms with Gasteiger partial charge in [0.25, 0.3) is 0 Å². The molecular weight excluding hydrogens is 272 g/mol. The van der Waals surface area contributed by atoms with Crippen LogP contribution < -0.4 is 11.1 Å². The van der Waals surface area contributed by atoms with Crippen LogP contribution >= 0.6 is 12.4 Å². The van der Waals surface area contributed by atoms with Gasteiger partial charge in [-0.15, -0.1) is 12.4 Å². The van der Waals surface area contributed by atoms with E-state index in [-0.39, 0.29) is 23.9 Å². The monoisotopic (exact) mass is 292 g/mol. The maximum atomic E-state index is 11.9. The third kappa shape index (κ3) is 4.51. The molecule has 0 saturated heterocycles. The molecule has 0 aliphatic rings. The fourth-order valence-corrected chi connectivity index (χ4v) is 2.01. The molecule has 2 aromatic rings. The summed E-state index contributed by atoms with van der Waals surface area (Å²) in [6.07, 6.45) is 0.386. The van der Waals surface area contributed by atoms with Crippen LogP contribution in [0, 0.1) is 0 Å². The van der Waals surface area contributed by atoms with Gasteiger partial charge in [-0.05, 0) is 30.2 Å². The van der Waals surface area contributed by atoms with Gasteiger partial charge in [-0.1, -0.05) is 42.5 Å². The van der Waals surface area contributed by atoms with Gasteiger partial charge in [0, 0.05) is 12.1 Å². The Bertz CT molecular complexity index is 585. The predicted molar refractivity (Wildman–Crippen MR) is 86.2 cm³/mol. The number of carbonyl (C=O) groups is 1. The number of halogens is 1. The summed E-state index contributed by atoms with van der Waals surface area (Å²) >= 11 is 0. The summed E-state index contributed by atoms with van der Waals surface area (Å²) in [6.45, 7) is 4.27. The third-order valence-corrected chi connectivity index (χ3v) is 2.97. The summed E-state index contributed by atoms with van der Waals surface area (Å²) in [5.74, 6) is 0.00915. The Labute approximate surface area is 126 Å². The molecule has 0 radical (unpaired) electrons. The van der Waals surface area contributed by atoms with Crippen molar-refractivity contribution in [3.63, 3.8) is 0 Å². The molecule has 4 heteroatoms. The Kier molecular flexibility index (Phi) is 5.54. The van der Waals surface area contributed by atoms with Crippen LogP contribution in [0.15, 0.2) is 42.5 Å². The first-order chi connectivity index (χ1) is 8.96. The fraction of sp³-hybridized carbons (Fsp3) is 0.312. The van der Waals surface area contributed by atoms with Crippen LogP contribution in [0.1, 0.15) is 19.4 Å². The molecule has 3 nitrogen and oxygen atoms in total. The van der Waals surface area contributed by atoms with E-state index in [1.807, 2.05) is 44.2 Å². The second kappa shape index (κ2) is 6.73. The van der Waals surface area contributed by atoms with E-state index in [1.165, 1.54) is 0 Å². The lowest BCUT2D eigenvalue weighted by Gasteiger charge is -2.19. The first-order valence-electron chi connectivity index (χ1n) is 6.48. The van der Waals surface area contributed by atoms with Gasteiger partial charge in [0.2, 0.25) is 5.91 Å². The summed E-state index contributed by atoms with van der Waals surface area (Å²) in [5, 5.41) is 5.16. The number of nitrogens with one attached hydrogen (secondary N) is 1. The van der Waals surface area contributed by atoms with Crippen molar-refractivity contribution in [1.82, 2.24) is 5.32 Å². The number of rotatable bonds is 4. The SMILES string of the molecule is CC(C)(N)CNC(=O)Cc1cccc2ccccc12.Cl. The van der Waals surface area contributed by atoms with Crippen molar-refractivity contribution in [1.29, 1.82) is 0 Å². The molecule has 0 saturated carbocycles. The number of hydrogen-bond donors (Lipinski definition) is 2.